The number of nitrogens with one attached hydrogen (secondary N) is 2. The minimum absolute atomic E-state index is 0.00336. The number of nitrogens with zero attached hydrogens (tertiary/aromatic N) is 2. The van der Waals surface area contributed by atoms with Crippen molar-refractivity contribution in [3.8, 4) is 0 Å². The fraction of sp³-hybridized carbons (Fsp3) is 0.318. The number of hydrazine groups is 1. The standard InChI is InChI=1S/C22H23F3N4O/c23-22(24,25)18-7-4-8-19(15-18)28-13-11-27(12-14-28)16-21(30)29-20(9-10-26-29)17-5-2-1-3-6-17/h1-10,15,20,26H,11-14,16H2/p+1/t20-/m0/s1. The fourth-order valence-corrected chi connectivity index (χ4v) is 3.95. The van der Waals surface area contributed by atoms with Crippen LogP contribution in [0.4, 0.5) is 18.9 Å². The number of benzene rings is 2. The topological polar surface area (TPSA) is 40.0 Å². The minimum atomic E-state index is -4.35. The molecule has 30 heavy (non-hydrogen) atoms. The first kappa shape index (κ1) is 20.3. The molecule has 2 aliphatic rings. The maximum atomic E-state index is 13.0. The van der Waals surface area contributed by atoms with E-state index in [2.05, 4.69) is 5.43 Å². The number of hydrogen-bond acceptors (Lipinski definition) is 3. The number of carbonyl (C=O) groups excluding carboxylic acids is 1. The summed E-state index contributed by atoms with van der Waals surface area (Å²) in [6.07, 6.45) is -0.619. The molecule has 0 aromatic heterocycles. The summed E-state index contributed by atoms with van der Waals surface area (Å²) in [6, 6.07) is 15.1. The van der Waals surface area contributed by atoms with Gasteiger partial charge in [0.05, 0.1) is 37.8 Å². The van der Waals surface area contributed by atoms with Gasteiger partial charge in [-0.15, -0.1) is 0 Å². The molecule has 158 valence electrons. The van der Waals surface area contributed by atoms with Gasteiger partial charge in [-0.25, -0.2) is 5.01 Å². The molecule has 2 heterocycles. The molecule has 1 amide bonds. The first-order chi connectivity index (χ1) is 14.4. The van der Waals surface area contributed by atoms with Crippen molar-refractivity contribution in [2.75, 3.05) is 37.6 Å². The highest BCUT2D eigenvalue weighted by atomic mass is 19.4. The Morgan fingerprint density at radius 1 is 1.07 bits per heavy atom. The predicted octanol–water partition coefficient (Wildman–Crippen LogP) is 2.01. The van der Waals surface area contributed by atoms with Crippen molar-refractivity contribution in [3.05, 3.63) is 78.0 Å². The van der Waals surface area contributed by atoms with Gasteiger partial charge in [0.15, 0.2) is 6.54 Å². The van der Waals surface area contributed by atoms with E-state index in [-0.39, 0.29) is 11.9 Å². The van der Waals surface area contributed by atoms with Crippen molar-refractivity contribution in [2.45, 2.75) is 12.2 Å². The molecular formula is C22H24F3N4O+. The Balaban J connectivity index is 1.33. The van der Waals surface area contributed by atoms with Gasteiger partial charge in [-0.1, -0.05) is 36.4 Å². The van der Waals surface area contributed by atoms with E-state index in [0.717, 1.165) is 16.5 Å². The molecule has 1 atom stereocenters. The molecule has 0 spiro atoms. The average Bonchev–Trinajstić information content (AvgIpc) is 3.25. The monoisotopic (exact) mass is 417 g/mol. The molecule has 4 rings (SSSR count). The van der Waals surface area contributed by atoms with Gasteiger partial charge in [-0.05, 0) is 29.8 Å². The van der Waals surface area contributed by atoms with Gasteiger partial charge >= 0.3 is 6.18 Å². The maximum absolute atomic E-state index is 13.0. The quantitative estimate of drug-likeness (QED) is 0.800. The summed E-state index contributed by atoms with van der Waals surface area (Å²) in [4.78, 5) is 15.9. The van der Waals surface area contributed by atoms with Crippen LogP contribution in [-0.2, 0) is 11.0 Å². The summed E-state index contributed by atoms with van der Waals surface area (Å²) in [6.45, 7) is 2.95. The lowest BCUT2D eigenvalue weighted by Gasteiger charge is -2.34. The van der Waals surface area contributed by atoms with E-state index in [1.165, 1.54) is 12.1 Å². The van der Waals surface area contributed by atoms with Crippen molar-refractivity contribution >= 4 is 11.6 Å². The third kappa shape index (κ3) is 4.43. The van der Waals surface area contributed by atoms with Gasteiger partial charge in [0.25, 0.3) is 5.91 Å². The van der Waals surface area contributed by atoms with Crippen molar-refractivity contribution in [2.24, 2.45) is 0 Å². The van der Waals surface area contributed by atoms with E-state index in [1.807, 2.05) is 41.3 Å². The van der Waals surface area contributed by atoms with Crippen LogP contribution >= 0.6 is 0 Å². The van der Waals surface area contributed by atoms with Gasteiger partial charge in [-0.3, -0.25) is 4.79 Å². The van der Waals surface area contributed by atoms with Crippen LogP contribution in [0.1, 0.15) is 17.2 Å². The smallest absolute Gasteiger partial charge is 0.360 e. The van der Waals surface area contributed by atoms with Crippen LogP contribution in [0, 0.1) is 0 Å². The van der Waals surface area contributed by atoms with Crippen LogP contribution < -0.4 is 15.2 Å². The second-order valence-electron chi connectivity index (χ2n) is 7.57. The maximum Gasteiger partial charge on any atom is 0.416 e. The van der Waals surface area contributed by atoms with E-state index in [1.54, 1.807) is 17.3 Å². The van der Waals surface area contributed by atoms with Gasteiger partial charge < -0.3 is 15.2 Å². The lowest BCUT2D eigenvalue weighted by molar-refractivity contribution is -0.892. The SMILES string of the molecule is O=C(C[NH+]1CCN(c2cccc(C(F)(F)F)c2)CC1)N1NC=C[C@H]1c1ccccc1. The first-order valence-electron chi connectivity index (χ1n) is 9.97. The zero-order valence-corrected chi connectivity index (χ0v) is 16.4. The Hall–Kier alpha value is -3.00. The van der Waals surface area contributed by atoms with Crippen molar-refractivity contribution in [3.63, 3.8) is 0 Å². The molecule has 2 N–H and O–H groups in total. The molecule has 2 aliphatic heterocycles. The van der Waals surface area contributed by atoms with Crippen LogP contribution in [0.15, 0.2) is 66.9 Å². The molecular weight excluding hydrogens is 393 g/mol. The summed E-state index contributed by atoms with van der Waals surface area (Å²) in [5.41, 5.74) is 4.00. The summed E-state index contributed by atoms with van der Waals surface area (Å²) < 4.78 is 38.9. The molecule has 2 aromatic rings. The van der Waals surface area contributed by atoms with Crippen molar-refractivity contribution in [1.29, 1.82) is 0 Å². The number of hydrogen-bond donors (Lipinski definition) is 2. The molecule has 1 saturated heterocycles. The minimum Gasteiger partial charge on any atom is -0.360 e. The summed E-state index contributed by atoms with van der Waals surface area (Å²) in [5.74, 6) is -0.00336. The number of rotatable bonds is 4. The van der Waals surface area contributed by atoms with Crippen LogP contribution in [0.5, 0.6) is 0 Å². The molecule has 2 aromatic carbocycles. The lowest BCUT2D eigenvalue weighted by atomic mass is 10.1. The number of carbonyl (C=O) groups is 1. The van der Waals surface area contributed by atoms with Crippen LogP contribution in [0.2, 0.25) is 0 Å². The van der Waals surface area contributed by atoms with Gasteiger partial charge in [-0.2, -0.15) is 13.2 Å². The van der Waals surface area contributed by atoms with Gasteiger partial charge in [0, 0.05) is 11.9 Å². The normalized spacial score (nSPS) is 19.8. The highest BCUT2D eigenvalue weighted by molar-refractivity contribution is 5.78. The second-order valence-corrected chi connectivity index (χ2v) is 7.57. The first-order valence-corrected chi connectivity index (χ1v) is 9.97. The molecule has 5 nitrogen and oxygen atoms in total. The molecule has 0 radical (unpaired) electrons. The third-order valence-electron chi connectivity index (χ3n) is 5.59. The van der Waals surface area contributed by atoms with Crippen LogP contribution in [0.3, 0.4) is 0 Å². The molecule has 0 bridgehead atoms. The Kier molecular flexibility index (Phi) is 5.67. The van der Waals surface area contributed by atoms with E-state index < -0.39 is 11.7 Å². The van der Waals surface area contributed by atoms with Gasteiger partial charge in [0.2, 0.25) is 0 Å². The number of halogens is 3. The molecule has 0 saturated carbocycles. The van der Waals surface area contributed by atoms with Crippen LogP contribution in [0.25, 0.3) is 0 Å². The number of piperazine rings is 1. The second kappa shape index (κ2) is 8.39. The summed E-state index contributed by atoms with van der Waals surface area (Å²) in [5, 5.41) is 1.64. The number of amides is 1. The summed E-state index contributed by atoms with van der Waals surface area (Å²) in [7, 11) is 0. The average molecular weight is 417 g/mol. The molecule has 8 heteroatoms. The highest BCUT2D eigenvalue weighted by Gasteiger charge is 2.32. The number of anilines is 1. The van der Waals surface area contributed by atoms with E-state index in [0.29, 0.717) is 38.4 Å². The van der Waals surface area contributed by atoms with E-state index in [4.69, 9.17) is 0 Å². The zero-order valence-electron chi connectivity index (χ0n) is 16.4. The zero-order chi connectivity index (χ0) is 21.1. The van der Waals surface area contributed by atoms with E-state index >= 15 is 0 Å². The molecule has 1 fully saturated rings. The molecule has 0 unspecified atom stereocenters. The van der Waals surface area contributed by atoms with E-state index in [9.17, 15) is 18.0 Å². The predicted molar refractivity (Wildman–Crippen MR) is 108 cm³/mol. The summed E-state index contributed by atoms with van der Waals surface area (Å²) >= 11 is 0. The fourth-order valence-electron chi connectivity index (χ4n) is 3.95. The Morgan fingerprint density at radius 3 is 2.50 bits per heavy atom. The largest absolute Gasteiger partial charge is 0.416 e. The number of alkyl halides is 3. The molecule has 0 aliphatic carbocycles. The third-order valence-corrected chi connectivity index (χ3v) is 5.59. The highest BCUT2D eigenvalue weighted by Crippen LogP contribution is 2.31. The Labute approximate surface area is 173 Å². The Bertz CT molecular complexity index is 908. The van der Waals surface area contributed by atoms with Gasteiger partial charge in [0.1, 0.15) is 0 Å². The van der Waals surface area contributed by atoms with Crippen molar-refractivity contribution in [1.82, 2.24) is 10.4 Å². The van der Waals surface area contributed by atoms with Crippen LogP contribution in [-0.4, -0.2) is 43.6 Å². The number of quaternary nitrogens is 1. The van der Waals surface area contributed by atoms with Crippen molar-refractivity contribution < 1.29 is 22.9 Å². The Morgan fingerprint density at radius 2 is 1.80 bits per heavy atom. The lowest BCUT2D eigenvalue weighted by Crippen LogP contribution is -3.16.